The van der Waals surface area contributed by atoms with Crippen LogP contribution in [-0.2, 0) is 9.59 Å². The van der Waals surface area contributed by atoms with E-state index >= 15 is 0 Å². The Morgan fingerprint density at radius 1 is 1.23 bits per heavy atom. The molecule has 0 saturated heterocycles. The third-order valence-corrected chi connectivity index (χ3v) is 1.33. The molecule has 0 aromatic rings. The Morgan fingerprint density at radius 3 is 2.15 bits per heavy atom. The summed E-state index contributed by atoms with van der Waals surface area (Å²) in [5.41, 5.74) is 9.76. The van der Waals surface area contributed by atoms with Gasteiger partial charge >= 0.3 is 0 Å². The second kappa shape index (κ2) is 5.53. The highest BCUT2D eigenvalue weighted by molar-refractivity contribution is 5.84. The predicted octanol–water partition coefficient (Wildman–Crippen LogP) is -0.473. The number of hydrazine groups is 1. The van der Waals surface area contributed by atoms with E-state index in [1.165, 1.54) is 0 Å². The summed E-state index contributed by atoms with van der Waals surface area (Å²) in [4.78, 5) is 21.9. The van der Waals surface area contributed by atoms with Gasteiger partial charge in [-0.2, -0.15) is 0 Å². The molecule has 0 aromatic heterocycles. The van der Waals surface area contributed by atoms with E-state index in [9.17, 15) is 9.59 Å². The topological polar surface area (TPSA) is 84.2 Å². The van der Waals surface area contributed by atoms with E-state index in [1.807, 2.05) is 13.8 Å². The SMILES string of the molecule is CC(C)CC(=O)NNC(=O)C(C)N. The molecule has 13 heavy (non-hydrogen) atoms. The molecule has 0 aromatic carbocycles. The minimum atomic E-state index is -0.612. The molecule has 0 rings (SSSR count). The van der Waals surface area contributed by atoms with Gasteiger partial charge in [0.25, 0.3) is 5.91 Å². The Bertz CT molecular complexity index is 190. The zero-order valence-corrected chi connectivity index (χ0v) is 8.26. The number of carbonyl (C=O) groups excluding carboxylic acids is 2. The zero-order valence-electron chi connectivity index (χ0n) is 8.26. The quantitative estimate of drug-likeness (QED) is 0.522. The fourth-order valence-corrected chi connectivity index (χ4v) is 0.667. The van der Waals surface area contributed by atoms with Crippen LogP contribution in [0.2, 0.25) is 0 Å². The van der Waals surface area contributed by atoms with Crippen molar-refractivity contribution in [2.75, 3.05) is 0 Å². The van der Waals surface area contributed by atoms with Crippen LogP contribution in [0.4, 0.5) is 0 Å². The number of nitrogens with one attached hydrogen (secondary N) is 2. The van der Waals surface area contributed by atoms with E-state index in [2.05, 4.69) is 10.9 Å². The summed E-state index contributed by atoms with van der Waals surface area (Å²) in [5, 5.41) is 0. The van der Waals surface area contributed by atoms with Gasteiger partial charge < -0.3 is 5.73 Å². The van der Waals surface area contributed by atoms with Crippen molar-refractivity contribution in [1.82, 2.24) is 10.9 Å². The Balaban J connectivity index is 3.64. The summed E-state index contributed by atoms with van der Waals surface area (Å²) in [7, 11) is 0. The monoisotopic (exact) mass is 187 g/mol. The van der Waals surface area contributed by atoms with Crippen LogP contribution in [0.5, 0.6) is 0 Å². The van der Waals surface area contributed by atoms with Gasteiger partial charge in [-0.05, 0) is 12.8 Å². The third kappa shape index (κ3) is 6.10. The average Bonchev–Trinajstić information content (AvgIpc) is 1.98. The van der Waals surface area contributed by atoms with E-state index in [0.717, 1.165) is 0 Å². The van der Waals surface area contributed by atoms with Gasteiger partial charge in [-0.25, -0.2) is 0 Å². The summed E-state index contributed by atoms with van der Waals surface area (Å²) >= 11 is 0. The van der Waals surface area contributed by atoms with Gasteiger partial charge in [0.2, 0.25) is 5.91 Å². The molecule has 0 radical (unpaired) electrons. The first-order valence-corrected chi connectivity index (χ1v) is 4.27. The Kier molecular flexibility index (Phi) is 5.06. The lowest BCUT2D eigenvalue weighted by Crippen LogP contribution is -2.48. The highest BCUT2D eigenvalue weighted by Gasteiger charge is 2.08. The Morgan fingerprint density at radius 2 is 1.77 bits per heavy atom. The van der Waals surface area contributed by atoms with Crippen LogP contribution in [0, 0.1) is 5.92 Å². The van der Waals surface area contributed by atoms with Gasteiger partial charge in [-0.1, -0.05) is 13.8 Å². The Hall–Kier alpha value is -1.10. The van der Waals surface area contributed by atoms with Crippen LogP contribution in [-0.4, -0.2) is 17.9 Å². The number of rotatable bonds is 3. The molecule has 0 aliphatic carbocycles. The zero-order chi connectivity index (χ0) is 10.4. The summed E-state index contributed by atoms with van der Waals surface area (Å²) in [6.07, 6.45) is 0.388. The van der Waals surface area contributed by atoms with Gasteiger partial charge in [-0.3, -0.25) is 20.4 Å². The number of hydrogen-bond acceptors (Lipinski definition) is 3. The van der Waals surface area contributed by atoms with Crippen LogP contribution < -0.4 is 16.6 Å². The minimum absolute atomic E-state index is 0.205. The van der Waals surface area contributed by atoms with Gasteiger partial charge in [0.1, 0.15) is 0 Å². The van der Waals surface area contributed by atoms with E-state index in [-0.39, 0.29) is 11.8 Å². The molecule has 5 nitrogen and oxygen atoms in total. The molecule has 0 spiro atoms. The molecule has 0 saturated carbocycles. The highest BCUT2D eigenvalue weighted by Crippen LogP contribution is 1.96. The summed E-state index contributed by atoms with van der Waals surface area (Å²) in [6, 6.07) is -0.612. The van der Waals surface area contributed by atoms with Crippen molar-refractivity contribution in [1.29, 1.82) is 0 Å². The normalized spacial score (nSPS) is 12.4. The molecule has 76 valence electrons. The fourth-order valence-electron chi connectivity index (χ4n) is 0.667. The summed E-state index contributed by atoms with van der Waals surface area (Å²) in [5.74, 6) is -0.326. The van der Waals surface area contributed by atoms with Crippen molar-refractivity contribution >= 4 is 11.8 Å². The molecule has 1 unspecified atom stereocenters. The molecular formula is C8H17N3O2. The van der Waals surface area contributed by atoms with Crippen molar-refractivity contribution in [3.8, 4) is 0 Å². The molecule has 5 heteroatoms. The first-order chi connectivity index (χ1) is 5.93. The summed E-state index contributed by atoms with van der Waals surface area (Å²) < 4.78 is 0. The van der Waals surface area contributed by atoms with Gasteiger partial charge in [-0.15, -0.1) is 0 Å². The van der Waals surface area contributed by atoms with Crippen LogP contribution in [0.3, 0.4) is 0 Å². The average molecular weight is 187 g/mol. The van der Waals surface area contributed by atoms with E-state index in [4.69, 9.17) is 5.73 Å². The maximum atomic E-state index is 11.0. The standard InChI is InChI=1S/C8H17N3O2/c1-5(2)4-7(12)10-11-8(13)6(3)9/h5-6H,4,9H2,1-3H3,(H,10,12)(H,11,13). The van der Waals surface area contributed by atoms with Crippen LogP contribution in [0.25, 0.3) is 0 Å². The predicted molar refractivity (Wildman–Crippen MR) is 49.4 cm³/mol. The highest BCUT2D eigenvalue weighted by atomic mass is 16.2. The lowest BCUT2D eigenvalue weighted by atomic mass is 10.1. The van der Waals surface area contributed by atoms with Crippen molar-refractivity contribution in [3.05, 3.63) is 0 Å². The summed E-state index contributed by atoms with van der Waals surface area (Å²) in [6.45, 7) is 5.39. The largest absolute Gasteiger partial charge is 0.320 e. The molecule has 2 amide bonds. The van der Waals surface area contributed by atoms with Gasteiger partial charge in [0, 0.05) is 6.42 Å². The van der Waals surface area contributed by atoms with E-state index < -0.39 is 11.9 Å². The fraction of sp³-hybridized carbons (Fsp3) is 0.750. The molecule has 0 fully saturated rings. The van der Waals surface area contributed by atoms with Crippen LogP contribution >= 0.6 is 0 Å². The lowest BCUT2D eigenvalue weighted by molar-refractivity contribution is -0.129. The number of hydrogen-bond donors (Lipinski definition) is 3. The maximum Gasteiger partial charge on any atom is 0.254 e. The van der Waals surface area contributed by atoms with Crippen molar-refractivity contribution in [3.63, 3.8) is 0 Å². The number of amides is 2. The molecule has 1 atom stereocenters. The van der Waals surface area contributed by atoms with E-state index in [0.29, 0.717) is 6.42 Å². The van der Waals surface area contributed by atoms with Crippen molar-refractivity contribution in [2.45, 2.75) is 33.2 Å². The first kappa shape index (κ1) is 11.9. The molecule has 0 heterocycles. The molecule has 4 N–H and O–H groups in total. The maximum absolute atomic E-state index is 11.0. The van der Waals surface area contributed by atoms with Crippen LogP contribution in [0.1, 0.15) is 27.2 Å². The van der Waals surface area contributed by atoms with E-state index in [1.54, 1.807) is 6.92 Å². The van der Waals surface area contributed by atoms with Gasteiger partial charge in [0.05, 0.1) is 6.04 Å². The minimum Gasteiger partial charge on any atom is -0.320 e. The lowest BCUT2D eigenvalue weighted by Gasteiger charge is -2.09. The van der Waals surface area contributed by atoms with Crippen LogP contribution in [0.15, 0.2) is 0 Å². The number of nitrogens with two attached hydrogens (primary N) is 1. The number of carbonyl (C=O) groups is 2. The molecule has 0 bridgehead atoms. The molecule has 0 aliphatic heterocycles. The first-order valence-electron chi connectivity index (χ1n) is 4.27. The van der Waals surface area contributed by atoms with Crippen molar-refractivity contribution < 1.29 is 9.59 Å². The third-order valence-electron chi connectivity index (χ3n) is 1.33. The van der Waals surface area contributed by atoms with Gasteiger partial charge in [0.15, 0.2) is 0 Å². The molecule has 0 aliphatic rings. The second-order valence-corrected chi connectivity index (χ2v) is 3.42. The molecular weight excluding hydrogens is 170 g/mol. The smallest absolute Gasteiger partial charge is 0.254 e. The second-order valence-electron chi connectivity index (χ2n) is 3.42. The Labute approximate surface area is 78.0 Å². The van der Waals surface area contributed by atoms with Crippen molar-refractivity contribution in [2.24, 2.45) is 11.7 Å².